The van der Waals surface area contributed by atoms with Crippen LogP contribution in [0.15, 0.2) is 71.3 Å². The lowest BCUT2D eigenvalue weighted by Crippen LogP contribution is -2.11. The summed E-state index contributed by atoms with van der Waals surface area (Å²) in [5, 5.41) is 2.61. The Morgan fingerprint density at radius 2 is 1.90 bits per heavy atom. The zero-order valence-electron chi connectivity index (χ0n) is 15.7. The van der Waals surface area contributed by atoms with Crippen molar-refractivity contribution in [1.82, 2.24) is 4.57 Å². The van der Waals surface area contributed by atoms with E-state index in [2.05, 4.69) is 10.6 Å². The second-order valence-corrected chi connectivity index (χ2v) is 7.84. The first kappa shape index (κ1) is 18.8. The number of hydrogen-bond acceptors (Lipinski definition) is 2. The Bertz CT molecular complexity index is 1420. The third kappa shape index (κ3) is 3.05. The molecule has 0 saturated heterocycles. The van der Waals surface area contributed by atoms with Crippen molar-refractivity contribution in [1.29, 1.82) is 0 Å². The lowest BCUT2D eigenvalue weighted by molar-refractivity contribution is 0.100. The number of benzene rings is 3. The molecule has 0 fully saturated rings. The maximum absolute atomic E-state index is 12.1. The first-order valence-corrected chi connectivity index (χ1v) is 10.0. The molecule has 5 aromatic rings. The molecular weight excluding hydrogens is 419 g/mol. The highest BCUT2D eigenvalue weighted by Crippen LogP contribution is 2.35. The van der Waals surface area contributed by atoms with Crippen molar-refractivity contribution in [3.8, 4) is 11.3 Å². The van der Waals surface area contributed by atoms with Crippen LogP contribution in [0.5, 0.6) is 0 Å². The number of rotatable bonds is 4. The maximum Gasteiger partial charge on any atom is 0.249 e. The Kier molecular flexibility index (Phi) is 4.54. The number of fused-ring (bicyclic) bond motifs is 3. The molecule has 0 atom stereocenters. The number of amides is 1. The van der Waals surface area contributed by atoms with Crippen molar-refractivity contribution < 1.29 is 9.21 Å². The van der Waals surface area contributed by atoms with E-state index in [1.807, 2.05) is 48.5 Å². The number of aromatic nitrogens is 1. The number of furan rings is 1. The fourth-order valence-corrected chi connectivity index (χ4v) is 4.16. The zero-order valence-corrected chi connectivity index (χ0v) is 17.2. The molecule has 2 aromatic heterocycles. The summed E-state index contributed by atoms with van der Waals surface area (Å²) in [6, 6.07) is 22.1. The highest BCUT2D eigenvalue weighted by molar-refractivity contribution is 6.42. The lowest BCUT2D eigenvalue weighted by atomic mass is 10.0. The van der Waals surface area contributed by atoms with Gasteiger partial charge in [0.1, 0.15) is 5.76 Å². The molecule has 30 heavy (non-hydrogen) atoms. The highest BCUT2D eigenvalue weighted by Gasteiger charge is 2.18. The second-order valence-electron chi connectivity index (χ2n) is 7.02. The van der Waals surface area contributed by atoms with Crippen molar-refractivity contribution in [3.63, 3.8) is 0 Å². The topological polar surface area (TPSA) is 61.2 Å². The van der Waals surface area contributed by atoms with E-state index >= 15 is 0 Å². The van der Waals surface area contributed by atoms with Gasteiger partial charge in [-0.15, -0.1) is 0 Å². The number of carbonyl (C=O) groups excluding carboxylic acids is 1. The lowest BCUT2D eigenvalue weighted by Gasteiger charge is -2.10. The molecule has 147 valence electrons. The van der Waals surface area contributed by atoms with Crippen molar-refractivity contribution in [3.05, 3.63) is 94.2 Å². The Balaban J connectivity index is 1.80. The van der Waals surface area contributed by atoms with Crippen LogP contribution in [0.25, 0.3) is 33.1 Å². The van der Waals surface area contributed by atoms with Gasteiger partial charge in [-0.3, -0.25) is 4.79 Å². The van der Waals surface area contributed by atoms with Gasteiger partial charge in [0.25, 0.3) is 0 Å². The van der Waals surface area contributed by atoms with E-state index in [1.165, 1.54) is 0 Å². The van der Waals surface area contributed by atoms with E-state index < -0.39 is 5.91 Å². The molecule has 0 unspecified atom stereocenters. The number of primary amides is 1. The molecule has 2 heterocycles. The number of carbonyl (C=O) groups is 1. The Morgan fingerprint density at radius 3 is 2.63 bits per heavy atom. The normalized spacial score (nSPS) is 11.4. The van der Waals surface area contributed by atoms with E-state index in [0.29, 0.717) is 22.2 Å². The third-order valence-corrected chi connectivity index (χ3v) is 5.93. The van der Waals surface area contributed by atoms with E-state index in [0.717, 1.165) is 38.7 Å². The van der Waals surface area contributed by atoms with Crippen LogP contribution in [0.2, 0.25) is 10.0 Å². The molecular formula is C24H15Cl2N2O2. The van der Waals surface area contributed by atoms with Gasteiger partial charge in [0.15, 0.2) is 0 Å². The van der Waals surface area contributed by atoms with Crippen LogP contribution in [-0.2, 0) is 6.54 Å². The second kappa shape index (κ2) is 7.24. The first-order valence-electron chi connectivity index (χ1n) is 9.27. The summed E-state index contributed by atoms with van der Waals surface area (Å²) in [4.78, 5) is 12.1. The summed E-state index contributed by atoms with van der Waals surface area (Å²) >= 11 is 12.3. The maximum atomic E-state index is 12.1. The molecule has 6 heteroatoms. The fourth-order valence-electron chi connectivity index (χ4n) is 3.84. The Labute approximate surface area is 182 Å². The molecule has 0 bridgehead atoms. The van der Waals surface area contributed by atoms with Crippen LogP contribution < -0.4 is 5.73 Å². The molecule has 3 aromatic carbocycles. The SMILES string of the molecule is NC(=O)c1cccc2c1c1[c]cc(-c3ccco3)cc1n2Cc1ccc(Cl)c(Cl)c1. The molecule has 5 rings (SSSR count). The van der Waals surface area contributed by atoms with Gasteiger partial charge in [-0.05, 0) is 60.2 Å². The summed E-state index contributed by atoms with van der Waals surface area (Å²) in [6.45, 7) is 0.536. The quantitative estimate of drug-likeness (QED) is 0.360. The van der Waals surface area contributed by atoms with E-state index in [1.54, 1.807) is 18.4 Å². The summed E-state index contributed by atoms with van der Waals surface area (Å²) < 4.78 is 7.68. The zero-order chi connectivity index (χ0) is 20.8. The molecule has 0 spiro atoms. The molecule has 0 aliphatic rings. The van der Waals surface area contributed by atoms with Gasteiger partial charge in [0, 0.05) is 28.4 Å². The van der Waals surface area contributed by atoms with Gasteiger partial charge in [-0.1, -0.05) is 35.3 Å². The van der Waals surface area contributed by atoms with Crippen LogP contribution in [0.4, 0.5) is 0 Å². The number of halogens is 2. The first-order chi connectivity index (χ1) is 14.5. The van der Waals surface area contributed by atoms with Gasteiger partial charge in [-0.25, -0.2) is 0 Å². The highest BCUT2D eigenvalue weighted by atomic mass is 35.5. The monoisotopic (exact) mass is 433 g/mol. The average Bonchev–Trinajstić information content (AvgIpc) is 3.38. The van der Waals surface area contributed by atoms with Crippen LogP contribution in [0, 0.1) is 6.07 Å². The van der Waals surface area contributed by atoms with Gasteiger partial charge >= 0.3 is 0 Å². The van der Waals surface area contributed by atoms with Gasteiger partial charge < -0.3 is 14.7 Å². The summed E-state index contributed by atoms with van der Waals surface area (Å²) in [5.74, 6) is 0.271. The van der Waals surface area contributed by atoms with Crippen LogP contribution in [0.1, 0.15) is 15.9 Å². The van der Waals surface area contributed by atoms with Crippen LogP contribution in [-0.4, -0.2) is 10.5 Å². The van der Waals surface area contributed by atoms with Gasteiger partial charge in [0.2, 0.25) is 5.91 Å². The average molecular weight is 434 g/mol. The van der Waals surface area contributed by atoms with E-state index in [-0.39, 0.29) is 0 Å². The van der Waals surface area contributed by atoms with Crippen molar-refractivity contribution in [2.24, 2.45) is 5.73 Å². The molecule has 1 amide bonds. The minimum Gasteiger partial charge on any atom is -0.464 e. The number of hydrogen-bond donors (Lipinski definition) is 1. The standard InChI is InChI=1S/C24H15Cl2N2O2/c25-18-9-6-14(11-19(18)26)13-28-20-4-1-3-17(24(27)29)23(20)16-8-7-15(12-21(16)28)22-5-2-10-30-22/h1-7,9-12H,13H2,(H2,27,29). The summed E-state index contributed by atoms with van der Waals surface area (Å²) in [7, 11) is 0. The third-order valence-electron chi connectivity index (χ3n) is 5.19. The van der Waals surface area contributed by atoms with Gasteiger partial charge in [0.05, 0.1) is 27.3 Å². The Morgan fingerprint density at radius 1 is 1.03 bits per heavy atom. The van der Waals surface area contributed by atoms with Crippen LogP contribution in [0.3, 0.4) is 0 Å². The van der Waals surface area contributed by atoms with Crippen molar-refractivity contribution in [2.75, 3.05) is 0 Å². The summed E-state index contributed by atoms with van der Waals surface area (Å²) in [6.07, 6.45) is 1.63. The smallest absolute Gasteiger partial charge is 0.249 e. The summed E-state index contributed by atoms with van der Waals surface area (Å²) in [5.41, 5.74) is 9.81. The predicted molar refractivity (Wildman–Crippen MR) is 120 cm³/mol. The van der Waals surface area contributed by atoms with E-state index in [4.69, 9.17) is 33.4 Å². The largest absolute Gasteiger partial charge is 0.464 e. The molecule has 0 aliphatic heterocycles. The molecule has 0 aliphatic carbocycles. The molecule has 0 saturated carbocycles. The van der Waals surface area contributed by atoms with Crippen LogP contribution >= 0.6 is 23.2 Å². The van der Waals surface area contributed by atoms with Crippen molar-refractivity contribution in [2.45, 2.75) is 6.54 Å². The molecule has 1 radical (unpaired) electrons. The number of nitrogens with zero attached hydrogens (tertiary/aromatic N) is 1. The minimum atomic E-state index is -0.474. The predicted octanol–water partition coefficient (Wildman–Crippen LogP) is 6.31. The molecule has 4 nitrogen and oxygen atoms in total. The minimum absolute atomic E-state index is 0.465. The number of nitrogens with two attached hydrogens (primary N) is 1. The Hall–Kier alpha value is -3.21. The molecule has 2 N–H and O–H groups in total. The van der Waals surface area contributed by atoms with Gasteiger partial charge in [-0.2, -0.15) is 0 Å². The van der Waals surface area contributed by atoms with Crippen molar-refractivity contribution >= 4 is 50.9 Å². The fraction of sp³-hybridized carbons (Fsp3) is 0.0417. The van der Waals surface area contributed by atoms with E-state index in [9.17, 15) is 4.79 Å².